The van der Waals surface area contributed by atoms with Crippen LogP contribution in [0, 0.1) is 12.8 Å². The van der Waals surface area contributed by atoms with Crippen LogP contribution < -0.4 is 21.5 Å². The lowest BCUT2D eigenvalue weighted by Crippen LogP contribution is -2.54. The molecule has 250 valence electrons. The number of rotatable bonds is 7. The Hall–Kier alpha value is -5.14. The van der Waals surface area contributed by atoms with E-state index >= 15 is 0 Å². The van der Waals surface area contributed by atoms with Crippen LogP contribution in [0.15, 0.2) is 35.3 Å². The highest BCUT2D eigenvalue weighted by Crippen LogP contribution is 2.36. The summed E-state index contributed by atoms with van der Waals surface area (Å²) < 4.78 is 1.86. The number of hydrogen-bond donors (Lipinski definition) is 3. The normalized spacial score (nSPS) is 23.1. The molecule has 5 heterocycles. The number of likely N-dealkylation sites (tertiary alicyclic amines) is 1. The Kier molecular flexibility index (Phi) is 8.17. The minimum Gasteiger partial charge on any atom is -0.375 e. The standard InChI is InChI=1S/C34H38N8O6/c1-18-5-3-8-24(18)41-29-20(15-19(2)31(41)46)16-36-34(39-29)37-21-11-13-40(14-12-21)27(44)17-35-23-7-4-6-22-28(23)33(48)42(32(22)47)25-9-10-26(43)38-30(25)45/h4,6-7,15-16,18,21,24-25,35H,3,5,8-14,17H2,1-2H3,(H,36,37,39)(H,38,43,45)/t18-,24+,25?/m0/s1. The zero-order valence-electron chi connectivity index (χ0n) is 27.0. The average molecular weight is 655 g/mol. The maximum Gasteiger partial charge on any atom is 0.264 e. The summed E-state index contributed by atoms with van der Waals surface area (Å²) in [6, 6.07) is 5.69. The van der Waals surface area contributed by atoms with E-state index in [1.165, 1.54) is 6.07 Å². The summed E-state index contributed by atoms with van der Waals surface area (Å²) in [6.07, 6.45) is 6.33. The number of aryl methyl sites for hydroxylation is 1. The molecule has 3 fully saturated rings. The monoisotopic (exact) mass is 654 g/mol. The number of pyridine rings is 1. The number of benzene rings is 1. The second kappa shape index (κ2) is 12.5. The Morgan fingerprint density at radius 2 is 1.81 bits per heavy atom. The smallest absolute Gasteiger partial charge is 0.264 e. The van der Waals surface area contributed by atoms with Crippen LogP contribution in [0.1, 0.15) is 84.2 Å². The zero-order chi connectivity index (χ0) is 33.7. The number of anilines is 2. The van der Waals surface area contributed by atoms with Gasteiger partial charge in [0.15, 0.2) is 0 Å². The highest BCUT2D eigenvalue weighted by Gasteiger charge is 2.45. The first-order chi connectivity index (χ1) is 23.1. The van der Waals surface area contributed by atoms with Crippen molar-refractivity contribution in [1.82, 2.24) is 29.7 Å². The summed E-state index contributed by atoms with van der Waals surface area (Å²) >= 11 is 0. The van der Waals surface area contributed by atoms with Gasteiger partial charge in [-0.2, -0.15) is 4.98 Å². The first-order valence-electron chi connectivity index (χ1n) is 16.6. The Morgan fingerprint density at radius 3 is 2.54 bits per heavy atom. The fraction of sp³-hybridized carbons (Fsp3) is 0.471. The number of nitrogens with one attached hydrogen (secondary N) is 3. The van der Waals surface area contributed by atoms with Gasteiger partial charge in [-0.05, 0) is 63.1 Å². The molecule has 48 heavy (non-hydrogen) atoms. The van der Waals surface area contributed by atoms with Gasteiger partial charge in [0.05, 0.1) is 17.7 Å². The van der Waals surface area contributed by atoms with Crippen LogP contribution in [-0.2, 0) is 14.4 Å². The number of carbonyl (C=O) groups is 5. The number of amides is 5. The quantitative estimate of drug-likeness (QED) is 0.321. The molecule has 4 aliphatic rings. The molecule has 14 nitrogen and oxygen atoms in total. The summed E-state index contributed by atoms with van der Waals surface area (Å²) in [7, 11) is 0. The van der Waals surface area contributed by atoms with Gasteiger partial charge in [-0.3, -0.25) is 43.6 Å². The van der Waals surface area contributed by atoms with Crippen molar-refractivity contribution in [2.45, 2.75) is 76.9 Å². The summed E-state index contributed by atoms with van der Waals surface area (Å²) in [5, 5.41) is 9.48. The maximum absolute atomic E-state index is 13.4. The first kappa shape index (κ1) is 31.5. The van der Waals surface area contributed by atoms with E-state index in [1.54, 1.807) is 23.2 Å². The number of aromatic nitrogens is 3. The van der Waals surface area contributed by atoms with Crippen molar-refractivity contribution < 1.29 is 24.0 Å². The third-order valence-corrected chi connectivity index (χ3v) is 10.2. The van der Waals surface area contributed by atoms with Crippen LogP contribution in [0.4, 0.5) is 11.6 Å². The molecular weight excluding hydrogens is 616 g/mol. The Bertz CT molecular complexity index is 1920. The van der Waals surface area contributed by atoms with Gasteiger partial charge in [-0.1, -0.05) is 19.4 Å². The molecule has 2 saturated heterocycles. The molecule has 5 amide bonds. The lowest BCUT2D eigenvalue weighted by atomic mass is 10.0. The zero-order valence-corrected chi connectivity index (χ0v) is 27.0. The van der Waals surface area contributed by atoms with Crippen LogP contribution in [0.3, 0.4) is 0 Å². The van der Waals surface area contributed by atoms with Crippen molar-refractivity contribution in [3.05, 3.63) is 57.5 Å². The van der Waals surface area contributed by atoms with Gasteiger partial charge in [0.25, 0.3) is 17.4 Å². The van der Waals surface area contributed by atoms with Gasteiger partial charge in [0.2, 0.25) is 23.7 Å². The van der Waals surface area contributed by atoms with E-state index in [0.717, 1.165) is 29.5 Å². The second-order valence-electron chi connectivity index (χ2n) is 13.3. The molecule has 1 saturated carbocycles. The molecule has 0 spiro atoms. The lowest BCUT2D eigenvalue weighted by Gasteiger charge is -2.32. The van der Waals surface area contributed by atoms with Gasteiger partial charge in [0.1, 0.15) is 11.7 Å². The fourth-order valence-electron chi connectivity index (χ4n) is 7.55. The van der Waals surface area contributed by atoms with Crippen LogP contribution >= 0.6 is 0 Å². The minimum atomic E-state index is -1.07. The number of carbonyl (C=O) groups excluding carboxylic acids is 5. The SMILES string of the molecule is Cc1cc2cnc(NC3CCN(C(=O)CNc4cccc5c4C(=O)N(C4CCC(=O)NC4=O)C5=O)CC3)nc2n([C@@H]2CCC[C@@H]2C)c1=O. The highest BCUT2D eigenvalue weighted by molar-refractivity contribution is 6.25. The van der Waals surface area contributed by atoms with Crippen molar-refractivity contribution in [3.8, 4) is 0 Å². The molecule has 3 aliphatic heterocycles. The number of fused-ring (bicyclic) bond motifs is 2. The van der Waals surface area contributed by atoms with Gasteiger partial charge >= 0.3 is 0 Å². The second-order valence-corrected chi connectivity index (χ2v) is 13.3. The minimum absolute atomic E-state index is 0.00519. The number of nitrogens with zero attached hydrogens (tertiary/aromatic N) is 5. The van der Waals surface area contributed by atoms with Gasteiger partial charge in [0, 0.05) is 54.4 Å². The topological polar surface area (TPSA) is 176 Å². The van der Waals surface area contributed by atoms with Crippen LogP contribution in [0.5, 0.6) is 0 Å². The third kappa shape index (κ3) is 5.58. The molecule has 0 radical (unpaired) electrons. The van der Waals surface area contributed by atoms with Crippen molar-refractivity contribution in [2.75, 3.05) is 30.3 Å². The first-order valence-corrected chi connectivity index (χ1v) is 16.6. The largest absolute Gasteiger partial charge is 0.375 e. The summed E-state index contributed by atoms with van der Waals surface area (Å²) in [5.41, 5.74) is 1.92. The van der Waals surface area contributed by atoms with E-state index in [2.05, 4.69) is 27.9 Å². The summed E-state index contributed by atoms with van der Waals surface area (Å²) in [4.78, 5) is 88.9. The predicted octanol–water partition coefficient (Wildman–Crippen LogP) is 2.38. The van der Waals surface area contributed by atoms with Crippen LogP contribution in [-0.4, -0.2) is 85.6 Å². The predicted molar refractivity (Wildman–Crippen MR) is 175 cm³/mol. The van der Waals surface area contributed by atoms with E-state index in [9.17, 15) is 28.8 Å². The number of imide groups is 2. The summed E-state index contributed by atoms with van der Waals surface area (Å²) in [6.45, 7) is 4.94. The molecule has 1 unspecified atom stereocenters. The molecule has 1 aromatic carbocycles. The van der Waals surface area contributed by atoms with E-state index in [1.807, 2.05) is 17.6 Å². The number of hydrogen-bond acceptors (Lipinski definition) is 10. The Morgan fingerprint density at radius 1 is 1.02 bits per heavy atom. The van der Waals surface area contributed by atoms with Crippen molar-refractivity contribution >= 4 is 52.2 Å². The molecule has 14 heteroatoms. The van der Waals surface area contributed by atoms with Gasteiger partial charge in [-0.25, -0.2) is 4.98 Å². The van der Waals surface area contributed by atoms with E-state index in [0.29, 0.717) is 54.7 Å². The summed E-state index contributed by atoms with van der Waals surface area (Å²) in [5.74, 6) is -1.65. The molecule has 2 aromatic heterocycles. The van der Waals surface area contributed by atoms with E-state index < -0.39 is 29.7 Å². The van der Waals surface area contributed by atoms with E-state index in [-0.39, 0.29) is 54.1 Å². The number of piperidine rings is 2. The van der Waals surface area contributed by atoms with Gasteiger partial charge < -0.3 is 15.5 Å². The van der Waals surface area contributed by atoms with Crippen molar-refractivity contribution in [3.63, 3.8) is 0 Å². The van der Waals surface area contributed by atoms with Crippen LogP contribution in [0.25, 0.3) is 11.0 Å². The Labute approximate surface area is 276 Å². The maximum atomic E-state index is 13.4. The third-order valence-electron chi connectivity index (χ3n) is 10.2. The molecule has 7 rings (SSSR count). The van der Waals surface area contributed by atoms with Crippen molar-refractivity contribution in [2.24, 2.45) is 5.92 Å². The van der Waals surface area contributed by atoms with Crippen LogP contribution in [0.2, 0.25) is 0 Å². The molecule has 1 aliphatic carbocycles. The lowest BCUT2D eigenvalue weighted by molar-refractivity contribution is -0.136. The molecular formula is C34H38N8O6. The highest BCUT2D eigenvalue weighted by atomic mass is 16.2. The average Bonchev–Trinajstić information content (AvgIpc) is 3.60. The molecule has 3 N–H and O–H groups in total. The molecule has 3 atom stereocenters. The fourth-order valence-corrected chi connectivity index (χ4v) is 7.55. The van der Waals surface area contributed by atoms with Gasteiger partial charge in [-0.15, -0.1) is 0 Å². The van der Waals surface area contributed by atoms with E-state index in [4.69, 9.17) is 4.98 Å². The molecule has 0 bridgehead atoms. The Balaban J connectivity index is 0.977. The van der Waals surface area contributed by atoms with Crippen molar-refractivity contribution in [1.29, 1.82) is 0 Å². The molecule has 3 aromatic rings.